The first kappa shape index (κ1) is 16.0. The minimum absolute atomic E-state index is 0.240. The predicted molar refractivity (Wildman–Crippen MR) is 79.6 cm³/mol. The van der Waals surface area contributed by atoms with Crippen LogP contribution in [-0.2, 0) is 11.3 Å². The predicted octanol–water partition coefficient (Wildman–Crippen LogP) is 3.38. The van der Waals surface area contributed by atoms with Crippen LogP contribution in [0.15, 0.2) is 24.3 Å². The average molecular weight is 265 g/mol. The maximum atomic E-state index is 5.80. The van der Waals surface area contributed by atoms with Gasteiger partial charge < -0.3 is 14.8 Å². The van der Waals surface area contributed by atoms with E-state index in [4.69, 9.17) is 9.47 Å². The van der Waals surface area contributed by atoms with Gasteiger partial charge in [0, 0.05) is 6.54 Å². The van der Waals surface area contributed by atoms with Gasteiger partial charge in [-0.3, -0.25) is 0 Å². The lowest BCUT2D eigenvalue weighted by molar-refractivity contribution is 0.0532. The van der Waals surface area contributed by atoms with E-state index in [0.717, 1.165) is 18.8 Å². The Morgan fingerprint density at radius 2 is 1.89 bits per heavy atom. The van der Waals surface area contributed by atoms with Gasteiger partial charge in [-0.05, 0) is 37.6 Å². The number of ether oxygens (including phenoxy) is 2. The van der Waals surface area contributed by atoms with Crippen molar-refractivity contribution in [1.29, 1.82) is 0 Å². The van der Waals surface area contributed by atoms with Gasteiger partial charge in [0.1, 0.15) is 5.75 Å². The van der Waals surface area contributed by atoms with E-state index in [1.165, 1.54) is 24.8 Å². The Balaban J connectivity index is 2.13. The fraction of sp³-hybridized carbons (Fsp3) is 0.625. The molecule has 0 aromatic heterocycles. The molecule has 19 heavy (non-hydrogen) atoms. The quantitative estimate of drug-likeness (QED) is 0.658. The standard InChI is InChI=1S/C16H27NO2/c1-4-5-6-11-17-12-14(2)19-13-15-7-9-16(18-3)10-8-15/h7-10,14,17H,4-6,11-13H2,1-3H3. The third-order valence-corrected chi connectivity index (χ3v) is 3.08. The summed E-state index contributed by atoms with van der Waals surface area (Å²) in [7, 11) is 1.68. The molecule has 0 radical (unpaired) electrons. The van der Waals surface area contributed by atoms with Crippen LogP contribution in [0.25, 0.3) is 0 Å². The topological polar surface area (TPSA) is 30.5 Å². The molecule has 0 fully saturated rings. The third kappa shape index (κ3) is 7.19. The molecule has 0 amide bonds. The SMILES string of the molecule is CCCCCNCC(C)OCc1ccc(OC)cc1. The molecule has 0 aliphatic heterocycles. The molecule has 3 nitrogen and oxygen atoms in total. The lowest BCUT2D eigenvalue weighted by atomic mass is 10.2. The largest absolute Gasteiger partial charge is 0.497 e. The molecule has 1 unspecified atom stereocenters. The average Bonchev–Trinajstić information content (AvgIpc) is 2.45. The van der Waals surface area contributed by atoms with E-state index in [1.807, 2.05) is 24.3 Å². The molecule has 3 heteroatoms. The molecular formula is C16H27NO2. The van der Waals surface area contributed by atoms with Crippen LogP contribution in [0.4, 0.5) is 0 Å². The molecule has 0 aliphatic carbocycles. The summed E-state index contributed by atoms with van der Waals surface area (Å²) in [5.41, 5.74) is 1.18. The fourth-order valence-corrected chi connectivity index (χ4v) is 1.82. The molecular weight excluding hydrogens is 238 g/mol. The van der Waals surface area contributed by atoms with Gasteiger partial charge in [0.15, 0.2) is 0 Å². The lowest BCUT2D eigenvalue weighted by Crippen LogP contribution is -2.27. The summed E-state index contributed by atoms with van der Waals surface area (Å²) in [6.07, 6.45) is 4.06. The van der Waals surface area contributed by atoms with Crippen LogP contribution < -0.4 is 10.1 Å². The van der Waals surface area contributed by atoms with Crippen LogP contribution in [0.3, 0.4) is 0 Å². The molecule has 1 aromatic rings. The minimum Gasteiger partial charge on any atom is -0.497 e. The Morgan fingerprint density at radius 3 is 2.53 bits per heavy atom. The van der Waals surface area contributed by atoms with Crippen LogP contribution in [0, 0.1) is 0 Å². The molecule has 108 valence electrons. The van der Waals surface area contributed by atoms with Crippen LogP contribution in [-0.4, -0.2) is 26.3 Å². The number of methoxy groups -OCH3 is 1. The van der Waals surface area contributed by atoms with Crippen molar-refractivity contribution >= 4 is 0 Å². The highest BCUT2D eigenvalue weighted by molar-refractivity contribution is 5.26. The van der Waals surface area contributed by atoms with Crippen molar-refractivity contribution in [3.8, 4) is 5.75 Å². The van der Waals surface area contributed by atoms with Gasteiger partial charge in [0.25, 0.3) is 0 Å². The summed E-state index contributed by atoms with van der Waals surface area (Å²) in [4.78, 5) is 0. The van der Waals surface area contributed by atoms with Crippen molar-refractivity contribution in [2.45, 2.75) is 45.8 Å². The van der Waals surface area contributed by atoms with E-state index in [2.05, 4.69) is 19.2 Å². The Hall–Kier alpha value is -1.06. The number of unbranched alkanes of at least 4 members (excludes halogenated alkanes) is 2. The first-order chi connectivity index (χ1) is 9.26. The van der Waals surface area contributed by atoms with Crippen LogP contribution in [0.1, 0.15) is 38.7 Å². The maximum absolute atomic E-state index is 5.80. The molecule has 0 spiro atoms. The normalized spacial score (nSPS) is 12.4. The Morgan fingerprint density at radius 1 is 1.16 bits per heavy atom. The second-order valence-electron chi connectivity index (χ2n) is 4.88. The summed E-state index contributed by atoms with van der Waals surface area (Å²) in [5.74, 6) is 0.884. The van der Waals surface area contributed by atoms with Gasteiger partial charge in [-0.1, -0.05) is 31.9 Å². The number of rotatable bonds is 10. The zero-order chi connectivity index (χ0) is 13.9. The van der Waals surface area contributed by atoms with Crippen LogP contribution in [0.5, 0.6) is 5.75 Å². The fourth-order valence-electron chi connectivity index (χ4n) is 1.82. The third-order valence-electron chi connectivity index (χ3n) is 3.08. The van der Waals surface area contributed by atoms with Crippen molar-refractivity contribution in [1.82, 2.24) is 5.32 Å². The van der Waals surface area contributed by atoms with Gasteiger partial charge >= 0.3 is 0 Å². The molecule has 0 heterocycles. The van der Waals surface area contributed by atoms with Gasteiger partial charge in [0.05, 0.1) is 19.8 Å². The molecule has 1 N–H and O–H groups in total. The molecule has 1 rings (SSSR count). The maximum Gasteiger partial charge on any atom is 0.118 e. The molecule has 1 atom stereocenters. The van der Waals surface area contributed by atoms with E-state index in [-0.39, 0.29) is 6.10 Å². The minimum atomic E-state index is 0.240. The van der Waals surface area contributed by atoms with Crippen molar-refractivity contribution in [3.63, 3.8) is 0 Å². The van der Waals surface area contributed by atoms with Gasteiger partial charge in [-0.15, -0.1) is 0 Å². The summed E-state index contributed by atoms with van der Waals surface area (Å²) in [5, 5.41) is 3.43. The van der Waals surface area contributed by atoms with E-state index in [9.17, 15) is 0 Å². The number of hydrogen-bond donors (Lipinski definition) is 1. The zero-order valence-corrected chi connectivity index (χ0v) is 12.4. The highest BCUT2D eigenvalue weighted by Gasteiger charge is 2.02. The number of benzene rings is 1. The highest BCUT2D eigenvalue weighted by atomic mass is 16.5. The monoisotopic (exact) mass is 265 g/mol. The van der Waals surface area contributed by atoms with Gasteiger partial charge in [0.2, 0.25) is 0 Å². The summed E-state index contributed by atoms with van der Waals surface area (Å²) >= 11 is 0. The van der Waals surface area contributed by atoms with Crippen molar-refractivity contribution < 1.29 is 9.47 Å². The van der Waals surface area contributed by atoms with Crippen molar-refractivity contribution in [3.05, 3.63) is 29.8 Å². The highest BCUT2D eigenvalue weighted by Crippen LogP contribution is 2.12. The Labute approximate surface area is 117 Å². The van der Waals surface area contributed by atoms with E-state index in [1.54, 1.807) is 7.11 Å². The Bertz CT molecular complexity index is 324. The van der Waals surface area contributed by atoms with Gasteiger partial charge in [-0.2, -0.15) is 0 Å². The Kier molecular flexibility index (Phi) is 8.26. The van der Waals surface area contributed by atoms with Crippen LogP contribution >= 0.6 is 0 Å². The lowest BCUT2D eigenvalue weighted by Gasteiger charge is -2.14. The molecule has 1 aromatic carbocycles. The summed E-state index contributed by atoms with van der Waals surface area (Å²) in [6, 6.07) is 8.01. The van der Waals surface area contributed by atoms with E-state index < -0.39 is 0 Å². The number of hydrogen-bond acceptors (Lipinski definition) is 3. The molecule has 0 bridgehead atoms. The summed E-state index contributed by atoms with van der Waals surface area (Å²) in [6.45, 7) is 6.99. The van der Waals surface area contributed by atoms with Crippen LogP contribution in [0.2, 0.25) is 0 Å². The zero-order valence-electron chi connectivity index (χ0n) is 12.4. The molecule has 0 saturated heterocycles. The first-order valence-electron chi connectivity index (χ1n) is 7.21. The van der Waals surface area contributed by atoms with E-state index in [0.29, 0.717) is 6.61 Å². The summed E-state index contributed by atoms with van der Waals surface area (Å²) < 4.78 is 10.9. The smallest absolute Gasteiger partial charge is 0.118 e. The molecule has 0 saturated carbocycles. The first-order valence-corrected chi connectivity index (χ1v) is 7.21. The second-order valence-corrected chi connectivity index (χ2v) is 4.88. The van der Waals surface area contributed by atoms with Crippen molar-refractivity contribution in [2.75, 3.05) is 20.2 Å². The molecule has 0 aliphatic rings. The van der Waals surface area contributed by atoms with E-state index >= 15 is 0 Å². The van der Waals surface area contributed by atoms with Crippen molar-refractivity contribution in [2.24, 2.45) is 0 Å². The number of nitrogens with one attached hydrogen (secondary N) is 1. The van der Waals surface area contributed by atoms with Gasteiger partial charge in [-0.25, -0.2) is 0 Å². The second kappa shape index (κ2) is 9.82.